The lowest BCUT2D eigenvalue weighted by molar-refractivity contribution is -0.139. The number of hydrogen-bond donors (Lipinski definition) is 0. The largest absolute Gasteiger partial charge is 0.469 e. The van der Waals surface area contributed by atoms with Gasteiger partial charge in [-0.05, 0) is 51.2 Å². The minimum absolute atomic E-state index is 0.219. The number of rotatable bonds is 8. The van der Waals surface area contributed by atoms with Crippen LogP contribution in [0.3, 0.4) is 0 Å². The van der Waals surface area contributed by atoms with Crippen molar-refractivity contribution in [3.05, 3.63) is 59.2 Å². The number of carbonyl (C=O) groups excluding carboxylic acids is 1. The molecule has 0 atom stereocenters. The fourth-order valence-electron chi connectivity index (χ4n) is 3.29. The second-order valence-corrected chi connectivity index (χ2v) is 7.05. The molecular weight excluding hydrogens is 324 g/mol. The van der Waals surface area contributed by atoms with Crippen LogP contribution in [0.2, 0.25) is 0 Å². The number of aromatic nitrogens is 2. The Kier molecular flexibility index (Phi) is 7.76. The third-order valence-electron chi connectivity index (χ3n) is 4.81. The van der Waals surface area contributed by atoms with Gasteiger partial charge in [-0.25, -0.2) is 9.97 Å². The molecule has 0 saturated heterocycles. The van der Waals surface area contributed by atoms with E-state index < -0.39 is 0 Å². The minimum atomic E-state index is -0.219. The van der Waals surface area contributed by atoms with Crippen LogP contribution < -0.4 is 0 Å². The van der Waals surface area contributed by atoms with Gasteiger partial charge in [0.25, 0.3) is 0 Å². The molecule has 1 aliphatic rings. The fourth-order valence-corrected chi connectivity index (χ4v) is 3.29. The Morgan fingerprint density at radius 1 is 1.31 bits per heavy atom. The number of methoxy groups -OCH3 is 1. The van der Waals surface area contributed by atoms with Crippen LogP contribution in [0.1, 0.15) is 68.6 Å². The Morgan fingerprint density at radius 3 is 2.69 bits per heavy atom. The molecule has 0 bridgehead atoms. The zero-order chi connectivity index (χ0) is 18.9. The fraction of sp³-hybridized carbons (Fsp3) is 0.500. The van der Waals surface area contributed by atoms with E-state index in [0.29, 0.717) is 12.3 Å². The van der Waals surface area contributed by atoms with Crippen molar-refractivity contribution in [2.75, 3.05) is 7.11 Å². The second kappa shape index (κ2) is 10.0. The van der Waals surface area contributed by atoms with Gasteiger partial charge in [0.1, 0.15) is 5.82 Å². The highest BCUT2D eigenvalue weighted by atomic mass is 16.5. The first kappa shape index (κ1) is 20.1. The van der Waals surface area contributed by atoms with E-state index in [1.807, 2.05) is 32.1 Å². The molecule has 0 aliphatic heterocycles. The van der Waals surface area contributed by atoms with Crippen molar-refractivity contribution in [2.24, 2.45) is 0 Å². The molecule has 2 rings (SSSR count). The van der Waals surface area contributed by atoms with Gasteiger partial charge in [-0.2, -0.15) is 0 Å². The molecule has 1 saturated carbocycles. The predicted octanol–water partition coefficient (Wildman–Crippen LogP) is 5.00. The Balaban J connectivity index is 2.01. The summed E-state index contributed by atoms with van der Waals surface area (Å²) >= 11 is 0. The summed E-state index contributed by atoms with van der Waals surface area (Å²) < 4.78 is 4.69. The van der Waals surface area contributed by atoms with Gasteiger partial charge in [0.15, 0.2) is 0 Å². The minimum Gasteiger partial charge on any atom is -0.469 e. The van der Waals surface area contributed by atoms with Crippen molar-refractivity contribution in [1.82, 2.24) is 9.97 Å². The van der Waals surface area contributed by atoms with Crippen LogP contribution in [-0.2, 0) is 16.0 Å². The van der Waals surface area contributed by atoms with Crippen LogP contribution >= 0.6 is 0 Å². The summed E-state index contributed by atoms with van der Waals surface area (Å²) in [6.07, 6.45) is 12.9. The lowest BCUT2D eigenvalue weighted by Gasteiger charge is -2.11. The summed E-state index contributed by atoms with van der Waals surface area (Å²) in [7, 11) is 1.41. The van der Waals surface area contributed by atoms with Gasteiger partial charge in [-0.15, -0.1) is 0 Å². The molecule has 0 N–H and O–H groups in total. The van der Waals surface area contributed by atoms with Gasteiger partial charge in [-0.1, -0.05) is 43.2 Å². The molecule has 1 fully saturated rings. The quantitative estimate of drug-likeness (QED) is 0.487. The maximum absolute atomic E-state index is 11.3. The van der Waals surface area contributed by atoms with E-state index in [2.05, 4.69) is 22.4 Å². The topological polar surface area (TPSA) is 52.1 Å². The van der Waals surface area contributed by atoms with Crippen molar-refractivity contribution in [2.45, 2.75) is 64.7 Å². The lowest BCUT2D eigenvalue weighted by atomic mass is 10.0. The highest BCUT2D eigenvalue weighted by Gasteiger charge is 2.20. The highest BCUT2D eigenvalue weighted by molar-refractivity contribution is 5.72. The molecule has 4 heteroatoms. The van der Waals surface area contributed by atoms with Crippen LogP contribution in [0.4, 0.5) is 0 Å². The number of aryl methyl sites for hydroxylation is 2. The molecule has 4 nitrogen and oxygen atoms in total. The van der Waals surface area contributed by atoms with Gasteiger partial charge in [0.05, 0.1) is 13.5 Å². The Labute approximate surface area is 157 Å². The number of esters is 1. The summed E-state index contributed by atoms with van der Waals surface area (Å²) in [5, 5.41) is 0. The summed E-state index contributed by atoms with van der Waals surface area (Å²) in [5.74, 6) is 1.34. The van der Waals surface area contributed by atoms with E-state index in [-0.39, 0.29) is 5.97 Å². The molecule has 0 spiro atoms. The molecule has 26 heavy (non-hydrogen) atoms. The monoisotopic (exact) mass is 354 g/mol. The molecule has 0 radical (unpaired) electrons. The molecule has 0 unspecified atom stereocenters. The average molecular weight is 354 g/mol. The third kappa shape index (κ3) is 6.25. The van der Waals surface area contributed by atoms with Crippen LogP contribution in [0.5, 0.6) is 0 Å². The van der Waals surface area contributed by atoms with Crippen molar-refractivity contribution < 1.29 is 9.53 Å². The summed E-state index contributed by atoms with van der Waals surface area (Å²) in [6, 6.07) is 2.08. The SMILES string of the molecule is C=CC(=CC=C(C)CC(=O)OC)CCc1cc(C)nc(C2CCCC2)n1. The predicted molar refractivity (Wildman–Crippen MR) is 105 cm³/mol. The third-order valence-corrected chi connectivity index (χ3v) is 4.81. The average Bonchev–Trinajstić information content (AvgIpc) is 3.16. The summed E-state index contributed by atoms with van der Waals surface area (Å²) in [4.78, 5) is 20.8. The molecule has 1 aromatic heterocycles. The van der Waals surface area contributed by atoms with E-state index in [9.17, 15) is 4.79 Å². The second-order valence-electron chi connectivity index (χ2n) is 7.05. The zero-order valence-corrected chi connectivity index (χ0v) is 16.3. The smallest absolute Gasteiger partial charge is 0.309 e. The Morgan fingerprint density at radius 2 is 2.04 bits per heavy atom. The standard InChI is InChI=1S/C22H30N2O2/c1-5-18(11-10-16(2)14-21(25)26-4)12-13-20-15-17(3)23-22(24-20)19-8-6-7-9-19/h5,10-11,15,19H,1,6-9,12-14H2,2-4H3. The summed E-state index contributed by atoms with van der Waals surface area (Å²) in [5.41, 5.74) is 4.25. The molecule has 1 aliphatic carbocycles. The number of nitrogens with zero attached hydrogens (tertiary/aromatic N) is 2. The molecule has 1 aromatic rings. The van der Waals surface area contributed by atoms with E-state index >= 15 is 0 Å². The summed E-state index contributed by atoms with van der Waals surface area (Å²) in [6.45, 7) is 7.88. The maximum Gasteiger partial charge on any atom is 0.309 e. The van der Waals surface area contributed by atoms with E-state index in [4.69, 9.17) is 4.98 Å². The normalized spacial score (nSPS) is 16.0. The molecule has 140 valence electrons. The Bertz CT molecular complexity index is 698. The van der Waals surface area contributed by atoms with Crippen molar-refractivity contribution in [3.63, 3.8) is 0 Å². The van der Waals surface area contributed by atoms with Gasteiger partial charge in [0.2, 0.25) is 0 Å². The van der Waals surface area contributed by atoms with Crippen LogP contribution in [0.25, 0.3) is 0 Å². The van der Waals surface area contributed by atoms with Crippen LogP contribution in [0, 0.1) is 6.92 Å². The highest BCUT2D eigenvalue weighted by Crippen LogP contribution is 2.32. The number of carbonyl (C=O) groups is 1. The zero-order valence-electron chi connectivity index (χ0n) is 16.3. The molecule has 1 heterocycles. The van der Waals surface area contributed by atoms with Crippen molar-refractivity contribution in [1.29, 1.82) is 0 Å². The first-order chi connectivity index (χ1) is 12.5. The van der Waals surface area contributed by atoms with Gasteiger partial charge in [-0.3, -0.25) is 4.79 Å². The Hall–Kier alpha value is -2.23. The lowest BCUT2D eigenvalue weighted by Crippen LogP contribution is -2.05. The van der Waals surface area contributed by atoms with Crippen LogP contribution in [0.15, 0.2) is 42.0 Å². The molecule has 0 amide bonds. The van der Waals surface area contributed by atoms with Crippen LogP contribution in [-0.4, -0.2) is 23.0 Å². The van der Waals surface area contributed by atoms with Crippen molar-refractivity contribution >= 4 is 5.97 Å². The maximum atomic E-state index is 11.3. The number of ether oxygens (including phenoxy) is 1. The van der Waals surface area contributed by atoms with E-state index in [1.165, 1.54) is 32.8 Å². The first-order valence-electron chi connectivity index (χ1n) is 9.42. The van der Waals surface area contributed by atoms with E-state index in [0.717, 1.165) is 41.2 Å². The molecular formula is C22H30N2O2. The first-order valence-corrected chi connectivity index (χ1v) is 9.42. The van der Waals surface area contributed by atoms with Gasteiger partial charge < -0.3 is 4.74 Å². The molecule has 0 aromatic carbocycles. The van der Waals surface area contributed by atoms with Crippen molar-refractivity contribution in [3.8, 4) is 0 Å². The van der Waals surface area contributed by atoms with Gasteiger partial charge in [0, 0.05) is 17.3 Å². The van der Waals surface area contributed by atoms with Gasteiger partial charge >= 0.3 is 5.97 Å². The van der Waals surface area contributed by atoms with E-state index in [1.54, 1.807) is 0 Å². The number of allylic oxidation sites excluding steroid dienone is 4. The number of hydrogen-bond acceptors (Lipinski definition) is 4.